The minimum Gasteiger partial charge on any atom is -0.383 e. The van der Waals surface area contributed by atoms with Gasteiger partial charge in [0.05, 0.1) is 18.1 Å². The van der Waals surface area contributed by atoms with E-state index in [0.29, 0.717) is 49.1 Å². The van der Waals surface area contributed by atoms with Crippen LogP contribution in [0.1, 0.15) is 35.0 Å². The molecule has 0 N–H and O–H groups in total. The first-order valence-electron chi connectivity index (χ1n) is 10.1. The lowest BCUT2D eigenvalue weighted by Crippen LogP contribution is -2.39. The molecular formula is C22H23FN4O4. The number of ether oxygens (including phenoxy) is 1. The van der Waals surface area contributed by atoms with E-state index in [-0.39, 0.29) is 23.2 Å². The van der Waals surface area contributed by atoms with Crippen LogP contribution in [0.25, 0.3) is 11.4 Å². The van der Waals surface area contributed by atoms with E-state index >= 15 is 0 Å². The Morgan fingerprint density at radius 1 is 1.32 bits per heavy atom. The van der Waals surface area contributed by atoms with E-state index in [2.05, 4.69) is 10.1 Å². The molecule has 3 heterocycles. The van der Waals surface area contributed by atoms with Crippen LogP contribution in [0.15, 0.2) is 51.9 Å². The van der Waals surface area contributed by atoms with Crippen LogP contribution in [0, 0.1) is 5.82 Å². The van der Waals surface area contributed by atoms with Crippen LogP contribution < -0.4 is 5.56 Å². The molecular weight excluding hydrogens is 403 g/mol. The molecule has 2 aromatic heterocycles. The largest absolute Gasteiger partial charge is 0.383 e. The van der Waals surface area contributed by atoms with Gasteiger partial charge in [-0.2, -0.15) is 4.98 Å². The number of methoxy groups -OCH3 is 1. The van der Waals surface area contributed by atoms with Crippen LogP contribution in [-0.4, -0.2) is 52.3 Å². The zero-order chi connectivity index (χ0) is 21.8. The quantitative estimate of drug-likeness (QED) is 0.602. The lowest BCUT2D eigenvalue weighted by molar-refractivity contribution is 0.0694. The van der Waals surface area contributed by atoms with Gasteiger partial charge in [0, 0.05) is 44.6 Å². The molecule has 1 aliphatic heterocycles. The van der Waals surface area contributed by atoms with Gasteiger partial charge in [-0.25, -0.2) is 4.39 Å². The van der Waals surface area contributed by atoms with Crippen molar-refractivity contribution in [1.82, 2.24) is 19.6 Å². The number of aromatic nitrogens is 3. The van der Waals surface area contributed by atoms with Crippen LogP contribution >= 0.6 is 0 Å². The van der Waals surface area contributed by atoms with E-state index in [1.807, 2.05) is 0 Å². The van der Waals surface area contributed by atoms with Gasteiger partial charge >= 0.3 is 0 Å². The predicted molar refractivity (Wildman–Crippen MR) is 110 cm³/mol. The standard InChI is InChI=1S/C22H23FN4O4/c1-30-11-10-26-14-17(7-8-19(26)28)22(29)27-9-3-5-16(13-27)21-24-20(25-31-21)15-4-2-6-18(23)12-15/h2,4,6-8,12,14,16H,3,5,9-11,13H2,1H3. The van der Waals surface area contributed by atoms with Gasteiger partial charge in [-0.05, 0) is 31.0 Å². The van der Waals surface area contributed by atoms with Crippen LogP contribution in [-0.2, 0) is 11.3 Å². The van der Waals surface area contributed by atoms with Crippen molar-refractivity contribution in [2.45, 2.75) is 25.3 Å². The number of hydrogen-bond acceptors (Lipinski definition) is 6. The van der Waals surface area contributed by atoms with E-state index in [1.165, 1.54) is 22.8 Å². The molecule has 31 heavy (non-hydrogen) atoms. The number of amides is 1. The third kappa shape index (κ3) is 4.72. The average molecular weight is 426 g/mol. The van der Waals surface area contributed by atoms with Crippen LogP contribution in [0.2, 0.25) is 0 Å². The Bertz CT molecular complexity index is 1130. The van der Waals surface area contributed by atoms with Crippen molar-refractivity contribution in [2.24, 2.45) is 0 Å². The van der Waals surface area contributed by atoms with E-state index in [0.717, 1.165) is 12.8 Å². The topological polar surface area (TPSA) is 90.5 Å². The Morgan fingerprint density at radius 3 is 3.00 bits per heavy atom. The molecule has 0 aliphatic carbocycles. The Labute approximate surface area is 178 Å². The zero-order valence-electron chi connectivity index (χ0n) is 17.2. The first-order valence-corrected chi connectivity index (χ1v) is 10.1. The number of carbonyl (C=O) groups excluding carboxylic acids is 1. The van der Waals surface area contributed by atoms with E-state index in [4.69, 9.17) is 9.26 Å². The lowest BCUT2D eigenvalue weighted by atomic mass is 9.97. The number of carbonyl (C=O) groups is 1. The first kappa shape index (κ1) is 20.9. The fraction of sp³-hybridized carbons (Fsp3) is 0.364. The van der Waals surface area contributed by atoms with Gasteiger partial charge in [0.2, 0.25) is 11.7 Å². The highest BCUT2D eigenvalue weighted by atomic mass is 19.1. The summed E-state index contributed by atoms with van der Waals surface area (Å²) in [5.74, 6) is 0.128. The van der Waals surface area contributed by atoms with Crippen molar-refractivity contribution in [2.75, 3.05) is 26.8 Å². The molecule has 1 aliphatic rings. The summed E-state index contributed by atoms with van der Waals surface area (Å²) in [6.07, 6.45) is 3.17. The molecule has 4 rings (SSSR count). The van der Waals surface area contributed by atoms with Gasteiger partial charge in [0.1, 0.15) is 5.82 Å². The maximum Gasteiger partial charge on any atom is 0.255 e. The summed E-state index contributed by atoms with van der Waals surface area (Å²) in [5, 5.41) is 3.97. The molecule has 0 saturated carbocycles. The molecule has 1 unspecified atom stereocenters. The van der Waals surface area contributed by atoms with E-state index in [1.54, 1.807) is 36.4 Å². The van der Waals surface area contributed by atoms with Crippen LogP contribution in [0.3, 0.4) is 0 Å². The number of benzene rings is 1. The van der Waals surface area contributed by atoms with Gasteiger partial charge in [0.25, 0.3) is 11.5 Å². The molecule has 3 aromatic rings. The minimum atomic E-state index is -0.370. The molecule has 0 bridgehead atoms. The highest BCUT2D eigenvalue weighted by Gasteiger charge is 2.29. The number of piperidine rings is 1. The number of halogens is 1. The molecule has 162 valence electrons. The average Bonchev–Trinajstić information content (AvgIpc) is 3.29. The van der Waals surface area contributed by atoms with E-state index in [9.17, 15) is 14.0 Å². The summed E-state index contributed by atoms with van der Waals surface area (Å²) >= 11 is 0. The Hall–Kier alpha value is -3.33. The fourth-order valence-corrected chi connectivity index (χ4v) is 3.71. The van der Waals surface area contributed by atoms with Crippen molar-refractivity contribution >= 4 is 5.91 Å². The number of nitrogens with zero attached hydrogens (tertiary/aromatic N) is 4. The van der Waals surface area contributed by atoms with Crippen molar-refractivity contribution in [3.63, 3.8) is 0 Å². The van der Waals surface area contributed by atoms with Gasteiger partial charge in [-0.1, -0.05) is 17.3 Å². The second kappa shape index (κ2) is 9.22. The van der Waals surface area contributed by atoms with Gasteiger partial charge in [-0.3, -0.25) is 9.59 Å². The molecule has 1 amide bonds. The number of rotatable bonds is 6. The third-order valence-corrected chi connectivity index (χ3v) is 5.35. The van der Waals surface area contributed by atoms with Gasteiger partial charge in [0.15, 0.2) is 0 Å². The van der Waals surface area contributed by atoms with E-state index < -0.39 is 0 Å². The monoisotopic (exact) mass is 426 g/mol. The second-order valence-electron chi connectivity index (χ2n) is 7.50. The van der Waals surface area contributed by atoms with Crippen LogP contribution in [0.4, 0.5) is 4.39 Å². The number of hydrogen-bond donors (Lipinski definition) is 0. The summed E-state index contributed by atoms with van der Waals surface area (Å²) in [5.41, 5.74) is 0.806. The molecule has 0 spiro atoms. The molecule has 8 nitrogen and oxygen atoms in total. The molecule has 1 atom stereocenters. The van der Waals surface area contributed by atoms with Crippen LogP contribution in [0.5, 0.6) is 0 Å². The second-order valence-corrected chi connectivity index (χ2v) is 7.50. The molecule has 9 heteroatoms. The summed E-state index contributed by atoms with van der Waals surface area (Å²) in [6.45, 7) is 1.80. The summed E-state index contributed by atoms with van der Waals surface area (Å²) in [6, 6.07) is 8.96. The first-order chi connectivity index (χ1) is 15.0. The summed E-state index contributed by atoms with van der Waals surface area (Å²) in [4.78, 5) is 31.2. The molecule has 0 radical (unpaired) electrons. The molecule has 1 saturated heterocycles. The van der Waals surface area contributed by atoms with Gasteiger partial charge in [-0.15, -0.1) is 0 Å². The van der Waals surface area contributed by atoms with Crippen molar-refractivity contribution < 1.29 is 18.4 Å². The minimum absolute atomic E-state index is 0.105. The summed E-state index contributed by atoms with van der Waals surface area (Å²) in [7, 11) is 1.56. The Balaban J connectivity index is 1.49. The van der Waals surface area contributed by atoms with Crippen molar-refractivity contribution in [3.8, 4) is 11.4 Å². The maximum atomic E-state index is 13.5. The normalized spacial score (nSPS) is 16.5. The van der Waals surface area contributed by atoms with Crippen molar-refractivity contribution in [3.05, 3.63) is 70.2 Å². The third-order valence-electron chi connectivity index (χ3n) is 5.35. The fourth-order valence-electron chi connectivity index (χ4n) is 3.71. The number of pyridine rings is 1. The smallest absolute Gasteiger partial charge is 0.255 e. The van der Waals surface area contributed by atoms with Gasteiger partial charge < -0.3 is 18.7 Å². The maximum absolute atomic E-state index is 13.5. The predicted octanol–water partition coefficient (Wildman–Crippen LogP) is 2.70. The molecule has 1 aromatic carbocycles. The van der Waals surface area contributed by atoms with Crippen molar-refractivity contribution in [1.29, 1.82) is 0 Å². The Morgan fingerprint density at radius 2 is 2.19 bits per heavy atom. The summed E-state index contributed by atoms with van der Waals surface area (Å²) < 4.78 is 25.4. The number of likely N-dealkylation sites (tertiary alicyclic amines) is 1. The highest BCUT2D eigenvalue weighted by Crippen LogP contribution is 2.28. The highest BCUT2D eigenvalue weighted by molar-refractivity contribution is 5.94. The SMILES string of the molecule is COCCn1cc(C(=O)N2CCCC(c3nc(-c4cccc(F)c4)no3)C2)ccc1=O. The zero-order valence-corrected chi connectivity index (χ0v) is 17.2. The Kier molecular flexibility index (Phi) is 6.22. The molecule has 1 fully saturated rings. The lowest BCUT2D eigenvalue weighted by Gasteiger charge is -2.31.